The zero-order chi connectivity index (χ0) is 26.7. The number of aryl methyl sites for hydroxylation is 1. The van der Waals surface area contributed by atoms with E-state index in [1.54, 1.807) is 33.2 Å². The maximum atomic E-state index is 14.8. The third-order valence-electron chi connectivity index (χ3n) is 6.57. The maximum absolute atomic E-state index is 14.8. The molecule has 0 unspecified atom stereocenters. The van der Waals surface area contributed by atoms with E-state index in [2.05, 4.69) is 11.9 Å². The number of fused-ring (bicyclic) bond motifs is 2. The summed E-state index contributed by atoms with van der Waals surface area (Å²) < 4.78 is 41.8. The molecule has 3 aromatic rings. The van der Waals surface area contributed by atoms with Crippen molar-refractivity contribution < 1.29 is 27.8 Å². The van der Waals surface area contributed by atoms with E-state index in [9.17, 15) is 18.4 Å². The van der Waals surface area contributed by atoms with E-state index in [0.717, 1.165) is 44.2 Å². The molecule has 0 aliphatic carbocycles. The van der Waals surface area contributed by atoms with Crippen LogP contribution in [0.4, 0.5) is 8.78 Å². The summed E-state index contributed by atoms with van der Waals surface area (Å²) in [7, 11) is 3.27. The zero-order valence-corrected chi connectivity index (χ0v) is 21.8. The SMILES string of the molecule is CCCCCCCC(=O)n1c(C)nc2c(O[C@H]3CCOc4cc(F)cc(F)c43)cc(C(=O)N(C)C)cc21. The van der Waals surface area contributed by atoms with Crippen LogP contribution in [0.15, 0.2) is 24.3 Å². The van der Waals surface area contributed by atoms with E-state index in [1.807, 2.05) is 0 Å². The summed E-state index contributed by atoms with van der Waals surface area (Å²) in [5, 5.41) is 0. The molecule has 2 aromatic carbocycles. The van der Waals surface area contributed by atoms with Crippen molar-refractivity contribution in [2.75, 3.05) is 20.7 Å². The highest BCUT2D eigenvalue weighted by molar-refractivity contribution is 6.01. The number of aromatic nitrogens is 2. The van der Waals surface area contributed by atoms with Crippen molar-refractivity contribution in [1.82, 2.24) is 14.5 Å². The first-order valence-electron chi connectivity index (χ1n) is 12.8. The fourth-order valence-electron chi connectivity index (χ4n) is 4.72. The lowest BCUT2D eigenvalue weighted by atomic mass is 10.0. The monoisotopic (exact) mass is 513 g/mol. The Morgan fingerprint density at radius 3 is 2.62 bits per heavy atom. The number of halogens is 2. The first kappa shape index (κ1) is 26.6. The molecule has 0 fully saturated rings. The fraction of sp³-hybridized carbons (Fsp3) is 0.464. The molecule has 37 heavy (non-hydrogen) atoms. The molecule has 0 spiro atoms. The number of amides is 1. The smallest absolute Gasteiger partial charge is 0.253 e. The Hall–Kier alpha value is -3.49. The van der Waals surface area contributed by atoms with Gasteiger partial charge >= 0.3 is 0 Å². The molecule has 1 amide bonds. The third kappa shape index (κ3) is 5.60. The summed E-state index contributed by atoms with van der Waals surface area (Å²) in [5.74, 6) is -1.06. The summed E-state index contributed by atoms with van der Waals surface area (Å²) in [6, 6.07) is 5.14. The van der Waals surface area contributed by atoms with Crippen LogP contribution >= 0.6 is 0 Å². The quantitative estimate of drug-likeness (QED) is 0.317. The number of unbranched alkanes of at least 4 members (excludes halogenated alkanes) is 4. The number of hydrogen-bond acceptors (Lipinski definition) is 5. The molecule has 0 bridgehead atoms. The van der Waals surface area contributed by atoms with Crippen LogP contribution in [0.25, 0.3) is 11.0 Å². The standard InChI is InChI=1S/C28H33F2N3O4/c1-5-6-7-8-9-10-25(34)33-17(2)31-27-21(33)13-18(28(35)32(3)4)14-24(27)37-22-11-12-36-23-16-19(29)15-20(30)26(22)23/h13-16,22H,5-12H2,1-4H3/t22-/m0/s1. The molecule has 0 saturated heterocycles. The van der Waals surface area contributed by atoms with Crippen molar-refractivity contribution in [1.29, 1.82) is 0 Å². The van der Waals surface area contributed by atoms with Crippen LogP contribution in [-0.2, 0) is 0 Å². The van der Waals surface area contributed by atoms with Crippen LogP contribution < -0.4 is 9.47 Å². The molecule has 0 saturated carbocycles. The molecule has 1 aromatic heterocycles. The molecule has 1 atom stereocenters. The van der Waals surface area contributed by atoms with Gasteiger partial charge in [0.05, 0.1) is 17.7 Å². The molecule has 0 N–H and O–H groups in total. The van der Waals surface area contributed by atoms with E-state index in [-0.39, 0.29) is 35.5 Å². The minimum absolute atomic E-state index is 0.0884. The topological polar surface area (TPSA) is 73.7 Å². The average Bonchev–Trinajstić information content (AvgIpc) is 3.19. The normalized spacial score (nSPS) is 14.8. The van der Waals surface area contributed by atoms with E-state index in [4.69, 9.17) is 9.47 Å². The molecular weight excluding hydrogens is 480 g/mol. The summed E-state index contributed by atoms with van der Waals surface area (Å²) >= 11 is 0. The van der Waals surface area contributed by atoms with Gasteiger partial charge in [-0.1, -0.05) is 32.6 Å². The third-order valence-corrected chi connectivity index (χ3v) is 6.57. The summed E-state index contributed by atoms with van der Waals surface area (Å²) in [5.41, 5.74) is 1.30. The number of nitrogens with zero attached hydrogens (tertiary/aromatic N) is 3. The van der Waals surface area contributed by atoms with Gasteiger partial charge in [0, 0.05) is 44.6 Å². The number of ether oxygens (including phenoxy) is 2. The van der Waals surface area contributed by atoms with Gasteiger partial charge in [-0.05, 0) is 25.5 Å². The second-order valence-electron chi connectivity index (χ2n) is 9.64. The minimum Gasteiger partial charge on any atom is -0.493 e. The summed E-state index contributed by atoms with van der Waals surface area (Å²) in [6.45, 7) is 4.09. The number of rotatable bonds is 9. The Morgan fingerprint density at radius 1 is 1.14 bits per heavy atom. The second kappa shape index (κ2) is 11.3. The highest BCUT2D eigenvalue weighted by Crippen LogP contribution is 2.40. The molecule has 9 heteroatoms. The summed E-state index contributed by atoms with van der Waals surface area (Å²) in [6.07, 6.45) is 4.99. The predicted octanol–water partition coefficient (Wildman–Crippen LogP) is 6.23. The number of carbonyl (C=O) groups excluding carboxylic acids is 2. The second-order valence-corrected chi connectivity index (χ2v) is 9.64. The average molecular weight is 514 g/mol. The molecule has 2 heterocycles. The number of carbonyl (C=O) groups is 2. The Balaban J connectivity index is 1.74. The Kier molecular flexibility index (Phi) is 8.10. The molecule has 1 aliphatic heterocycles. The van der Waals surface area contributed by atoms with Gasteiger partial charge in [0.2, 0.25) is 5.91 Å². The lowest BCUT2D eigenvalue weighted by molar-refractivity contribution is 0.0824. The van der Waals surface area contributed by atoms with Crippen LogP contribution in [-0.4, -0.2) is 47.0 Å². The number of benzene rings is 2. The predicted molar refractivity (Wildman–Crippen MR) is 136 cm³/mol. The molecule has 1 aliphatic rings. The van der Waals surface area contributed by atoms with Crippen molar-refractivity contribution >= 4 is 22.8 Å². The molecule has 4 rings (SSSR count). The van der Waals surface area contributed by atoms with Crippen LogP contribution in [0, 0.1) is 18.6 Å². The van der Waals surface area contributed by atoms with Gasteiger partial charge in [-0.2, -0.15) is 0 Å². The zero-order valence-electron chi connectivity index (χ0n) is 21.8. The number of imidazole rings is 1. The number of hydrogen-bond donors (Lipinski definition) is 0. The lowest BCUT2D eigenvalue weighted by Crippen LogP contribution is -2.23. The molecular formula is C28H33F2N3O4. The van der Waals surface area contributed by atoms with Gasteiger partial charge in [0.25, 0.3) is 5.91 Å². The van der Waals surface area contributed by atoms with E-state index >= 15 is 0 Å². The van der Waals surface area contributed by atoms with Crippen LogP contribution in [0.1, 0.15) is 84.5 Å². The minimum atomic E-state index is -0.781. The van der Waals surface area contributed by atoms with Crippen LogP contribution in [0.2, 0.25) is 0 Å². The maximum Gasteiger partial charge on any atom is 0.253 e. The van der Waals surface area contributed by atoms with E-state index in [1.165, 1.54) is 9.47 Å². The van der Waals surface area contributed by atoms with Crippen molar-refractivity contribution in [3.8, 4) is 11.5 Å². The van der Waals surface area contributed by atoms with Crippen molar-refractivity contribution in [3.05, 3.63) is 52.9 Å². The van der Waals surface area contributed by atoms with E-state index < -0.39 is 17.7 Å². The van der Waals surface area contributed by atoms with Gasteiger partial charge in [-0.15, -0.1) is 0 Å². The highest BCUT2D eigenvalue weighted by atomic mass is 19.1. The fourth-order valence-corrected chi connectivity index (χ4v) is 4.72. The molecule has 0 radical (unpaired) electrons. The van der Waals surface area contributed by atoms with E-state index in [0.29, 0.717) is 35.3 Å². The Morgan fingerprint density at radius 2 is 1.89 bits per heavy atom. The highest BCUT2D eigenvalue weighted by Gasteiger charge is 2.30. The van der Waals surface area contributed by atoms with Gasteiger partial charge in [0.1, 0.15) is 40.6 Å². The first-order chi connectivity index (χ1) is 17.7. The Labute approximate surface area is 215 Å². The lowest BCUT2D eigenvalue weighted by Gasteiger charge is -2.27. The van der Waals surface area contributed by atoms with Crippen molar-refractivity contribution in [2.24, 2.45) is 0 Å². The first-order valence-corrected chi connectivity index (χ1v) is 12.8. The molecule has 198 valence electrons. The van der Waals surface area contributed by atoms with Crippen molar-refractivity contribution in [2.45, 2.75) is 64.9 Å². The largest absolute Gasteiger partial charge is 0.493 e. The summed E-state index contributed by atoms with van der Waals surface area (Å²) in [4.78, 5) is 32.2. The van der Waals surface area contributed by atoms with Crippen LogP contribution in [0.5, 0.6) is 11.5 Å². The van der Waals surface area contributed by atoms with Gasteiger partial charge in [-0.3, -0.25) is 14.2 Å². The van der Waals surface area contributed by atoms with Gasteiger partial charge in [-0.25, -0.2) is 13.8 Å². The van der Waals surface area contributed by atoms with Gasteiger partial charge < -0.3 is 14.4 Å². The molecule has 7 nitrogen and oxygen atoms in total. The van der Waals surface area contributed by atoms with Gasteiger partial charge in [0.15, 0.2) is 0 Å². The van der Waals surface area contributed by atoms with Crippen molar-refractivity contribution in [3.63, 3.8) is 0 Å². The Bertz CT molecular complexity index is 1320. The van der Waals surface area contributed by atoms with Crippen LogP contribution in [0.3, 0.4) is 0 Å².